The molecule has 0 aromatic heterocycles. The number of hydrogen-bond acceptors (Lipinski definition) is 2. The summed E-state index contributed by atoms with van der Waals surface area (Å²) in [5, 5.41) is 14.7. The molecule has 21 heavy (non-hydrogen) atoms. The fraction of sp³-hybridized carbons (Fsp3) is 0.188. The predicted molar refractivity (Wildman–Crippen MR) is 87.1 cm³/mol. The van der Waals surface area contributed by atoms with Gasteiger partial charge in [-0.3, -0.25) is 0 Å². The van der Waals surface area contributed by atoms with Crippen molar-refractivity contribution in [3.63, 3.8) is 0 Å². The maximum absolute atomic E-state index is 9.34. The zero-order valence-corrected chi connectivity index (χ0v) is 13.2. The Bertz CT molecular complexity index is 697. The maximum Gasteiger partial charge on any atom is 0.0904 e. The van der Waals surface area contributed by atoms with E-state index in [1.165, 1.54) is 0 Å². The van der Waals surface area contributed by atoms with Crippen LogP contribution in [0.15, 0.2) is 47.6 Å². The first kappa shape index (κ1) is 14.7. The zero-order chi connectivity index (χ0) is 15.0. The molecule has 2 aromatic rings. The SMILES string of the molecule is O/N=C(/c1ccc(Cl)cc1)[C@@H]1C[C@@H]1c1ccc(Cl)cc1Cl. The minimum atomic E-state index is 0.162. The van der Waals surface area contributed by atoms with Gasteiger partial charge >= 0.3 is 0 Å². The van der Waals surface area contributed by atoms with E-state index < -0.39 is 0 Å². The van der Waals surface area contributed by atoms with Crippen LogP contribution in [-0.2, 0) is 0 Å². The molecule has 1 aliphatic rings. The van der Waals surface area contributed by atoms with Crippen molar-refractivity contribution >= 4 is 40.5 Å². The lowest BCUT2D eigenvalue weighted by Gasteiger charge is -2.06. The van der Waals surface area contributed by atoms with Gasteiger partial charge in [-0.05, 0) is 47.7 Å². The quantitative estimate of drug-likeness (QED) is 0.438. The second-order valence-electron chi connectivity index (χ2n) is 5.11. The van der Waals surface area contributed by atoms with E-state index >= 15 is 0 Å². The van der Waals surface area contributed by atoms with Gasteiger partial charge in [0.05, 0.1) is 5.71 Å². The summed E-state index contributed by atoms with van der Waals surface area (Å²) in [6.07, 6.45) is 0.906. The summed E-state index contributed by atoms with van der Waals surface area (Å²) in [6.45, 7) is 0. The number of hydrogen-bond donors (Lipinski definition) is 1. The molecule has 0 spiro atoms. The molecule has 0 amide bonds. The van der Waals surface area contributed by atoms with Crippen molar-refractivity contribution in [2.75, 3.05) is 0 Å². The Morgan fingerprint density at radius 3 is 2.29 bits per heavy atom. The minimum Gasteiger partial charge on any atom is -0.411 e. The van der Waals surface area contributed by atoms with Gasteiger partial charge < -0.3 is 5.21 Å². The van der Waals surface area contributed by atoms with Gasteiger partial charge in [0.25, 0.3) is 0 Å². The maximum atomic E-state index is 9.34. The van der Waals surface area contributed by atoms with Crippen LogP contribution in [0.25, 0.3) is 0 Å². The molecule has 0 radical (unpaired) electrons. The summed E-state index contributed by atoms with van der Waals surface area (Å²) in [5.74, 6) is 0.422. The van der Waals surface area contributed by atoms with E-state index in [9.17, 15) is 5.21 Å². The van der Waals surface area contributed by atoms with Crippen molar-refractivity contribution < 1.29 is 5.21 Å². The largest absolute Gasteiger partial charge is 0.411 e. The fourth-order valence-electron chi connectivity index (χ4n) is 2.61. The highest BCUT2D eigenvalue weighted by Crippen LogP contribution is 2.51. The Hall–Kier alpha value is -1.22. The minimum absolute atomic E-state index is 0.162. The molecule has 2 aromatic carbocycles. The van der Waals surface area contributed by atoms with Crippen LogP contribution in [-0.4, -0.2) is 10.9 Å². The third-order valence-electron chi connectivity index (χ3n) is 3.75. The van der Waals surface area contributed by atoms with E-state index in [4.69, 9.17) is 34.8 Å². The number of rotatable bonds is 3. The normalized spacial score (nSPS) is 21.4. The summed E-state index contributed by atoms with van der Waals surface area (Å²) in [7, 11) is 0. The summed E-state index contributed by atoms with van der Waals surface area (Å²) < 4.78 is 0. The van der Waals surface area contributed by atoms with E-state index in [1.807, 2.05) is 24.3 Å². The molecule has 108 valence electrons. The van der Waals surface area contributed by atoms with Crippen LogP contribution in [0.3, 0.4) is 0 Å². The highest BCUT2D eigenvalue weighted by molar-refractivity contribution is 6.35. The molecule has 2 nitrogen and oxygen atoms in total. The Labute approximate surface area is 137 Å². The molecule has 0 heterocycles. The summed E-state index contributed by atoms with van der Waals surface area (Å²) in [6, 6.07) is 12.8. The van der Waals surface area contributed by atoms with Crippen LogP contribution in [0, 0.1) is 5.92 Å². The summed E-state index contributed by atoms with van der Waals surface area (Å²) >= 11 is 18.0. The average Bonchev–Trinajstić information content (AvgIpc) is 3.22. The molecule has 1 aliphatic carbocycles. The predicted octanol–water partition coefficient (Wildman–Crippen LogP) is 5.63. The Morgan fingerprint density at radius 2 is 1.67 bits per heavy atom. The number of benzene rings is 2. The number of halogens is 3. The topological polar surface area (TPSA) is 32.6 Å². The van der Waals surface area contributed by atoms with Gasteiger partial charge in [0.15, 0.2) is 0 Å². The monoisotopic (exact) mass is 339 g/mol. The molecule has 3 rings (SSSR count). The van der Waals surface area contributed by atoms with Gasteiger partial charge in [-0.25, -0.2) is 0 Å². The first-order chi connectivity index (χ1) is 10.1. The fourth-order valence-corrected chi connectivity index (χ4v) is 3.28. The molecular weight excluding hydrogens is 329 g/mol. The first-order valence-electron chi connectivity index (χ1n) is 6.53. The van der Waals surface area contributed by atoms with E-state index in [0.29, 0.717) is 20.8 Å². The lowest BCUT2D eigenvalue weighted by Crippen LogP contribution is -2.05. The van der Waals surface area contributed by atoms with Gasteiger partial charge in [-0.2, -0.15) is 0 Å². The van der Waals surface area contributed by atoms with Crippen molar-refractivity contribution in [1.29, 1.82) is 0 Å². The molecule has 0 saturated heterocycles. The van der Waals surface area contributed by atoms with E-state index in [-0.39, 0.29) is 11.8 Å². The lowest BCUT2D eigenvalue weighted by atomic mass is 10.0. The molecule has 5 heteroatoms. The van der Waals surface area contributed by atoms with Gasteiger partial charge in [0, 0.05) is 21.0 Å². The second-order valence-corrected chi connectivity index (χ2v) is 6.39. The summed E-state index contributed by atoms with van der Waals surface area (Å²) in [5.41, 5.74) is 2.59. The molecule has 1 saturated carbocycles. The Kier molecular flexibility index (Phi) is 4.12. The molecule has 0 bridgehead atoms. The number of oxime groups is 1. The summed E-state index contributed by atoms with van der Waals surface area (Å²) in [4.78, 5) is 0. The van der Waals surface area contributed by atoms with Crippen LogP contribution in [0.1, 0.15) is 23.5 Å². The Balaban J connectivity index is 1.84. The van der Waals surface area contributed by atoms with Gasteiger partial charge in [0.2, 0.25) is 0 Å². The number of nitrogens with zero attached hydrogens (tertiary/aromatic N) is 1. The van der Waals surface area contributed by atoms with Crippen LogP contribution in [0.5, 0.6) is 0 Å². The van der Waals surface area contributed by atoms with Crippen molar-refractivity contribution in [2.45, 2.75) is 12.3 Å². The highest BCUT2D eigenvalue weighted by Gasteiger charge is 2.43. The molecule has 0 aliphatic heterocycles. The van der Waals surface area contributed by atoms with Crippen LogP contribution in [0.2, 0.25) is 15.1 Å². The van der Waals surface area contributed by atoms with Crippen molar-refractivity contribution in [3.05, 3.63) is 68.7 Å². The molecule has 0 unspecified atom stereocenters. The van der Waals surface area contributed by atoms with Crippen LogP contribution in [0.4, 0.5) is 0 Å². The van der Waals surface area contributed by atoms with Crippen LogP contribution < -0.4 is 0 Å². The smallest absolute Gasteiger partial charge is 0.0904 e. The van der Waals surface area contributed by atoms with E-state index in [1.54, 1.807) is 18.2 Å². The standard InChI is InChI=1S/C16H12Cl3NO/c17-10-3-1-9(2-4-10)16(20-21)14-8-13(14)12-6-5-11(18)7-15(12)19/h1-7,13-14,21H,8H2/b20-16-/t13-,14-/m1/s1. The van der Waals surface area contributed by atoms with Crippen molar-refractivity contribution in [3.8, 4) is 0 Å². The van der Waals surface area contributed by atoms with Crippen molar-refractivity contribution in [1.82, 2.24) is 0 Å². The average molecular weight is 341 g/mol. The Morgan fingerprint density at radius 1 is 1.00 bits per heavy atom. The van der Waals surface area contributed by atoms with Gasteiger partial charge in [-0.15, -0.1) is 0 Å². The molecule has 1 fully saturated rings. The molecule has 1 N–H and O–H groups in total. The molecular formula is C16H12Cl3NO. The zero-order valence-electron chi connectivity index (χ0n) is 10.9. The van der Waals surface area contributed by atoms with Crippen molar-refractivity contribution in [2.24, 2.45) is 11.1 Å². The van der Waals surface area contributed by atoms with E-state index in [2.05, 4.69) is 5.16 Å². The third kappa shape index (κ3) is 3.03. The second kappa shape index (κ2) is 5.88. The molecule has 2 atom stereocenters. The lowest BCUT2D eigenvalue weighted by molar-refractivity contribution is 0.317. The highest BCUT2D eigenvalue weighted by atomic mass is 35.5. The van der Waals surface area contributed by atoms with Crippen LogP contribution >= 0.6 is 34.8 Å². The van der Waals surface area contributed by atoms with Gasteiger partial charge in [0.1, 0.15) is 0 Å². The van der Waals surface area contributed by atoms with E-state index in [0.717, 1.165) is 17.5 Å². The van der Waals surface area contributed by atoms with Gasteiger partial charge in [-0.1, -0.05) is 58.2 Å². The third-order valence-corrected chi connectivity index (χ3v) is 4.57. The first-order valence-corrected chi connectivity index (χ1v) is 7.66.